The van der Waals surface area contributed by atoms with Gasteiger partial charge in [-0.3, -0.25) is 0 Å². The fourth-order valence-corrected chi connectivity index (χ4v) is 2.48. The van der Waals surface area contributed by atoms with Gasteiger partial charge >= 0.3 is 0 Å². The fraction of sp³-hybridized carbons (Fsp3) is 0.667. The van der Waals surface area contributed by atoms with Crippen molar-refractivity contribution < 1.29 is 4.74 Å². The first kappa shape index (κ1) is 17.2. The van der Waals surface area contributed by atoms with E-state index in [-0.39, 0.29) is 6.10 Å². The van der Waals surface area contributed by atoms with E-state index in [1.165, 1.54) is 12.0 Å². The number of rotatable bonds is 8. The second-order valence-corrected chi connectivity index (χ2v) is 6.55. The van der Waals surface area contributed by atoms with Crippen molar-refractivity contribution >= 4 is 0 Å². The summed E-state index contributed by atoms with van der Waals surface area (Å²) in [6.07, 6.45) is 2.47. The van der Waals surface area contributed by atoms with E-state index < -0.39 is 0 Å². The van der Waals surface area contributed by atoms with E-state index in [1.807, 2.05) is 0 Å². The van der Waals surface area contributed by atoms with Crippen molar-refractivity contribution in [2.45, 2.75) is 59.6 Å². The standard InChI is InChI=1S/C18H31NO/c1-6-19-16(13-14-18(3,4)5)17(20-7-2)15-11-9-8-10-12-15/h8-12,16-17,19H,6-7,13-14H2,1-5H3. The summed E-state index contributed by atoms with van der Waals surface area (Å²) in [6.45, 7) is 12.9. The van der Waals surface area contributed by atoms with Crippen LogP contribution in [0.25, 0.3) is 0 Å². The third-order valence-corrected chi connectivity index (χ3v) is 3.51. The highest BCUT2D eigenvalue weighted by Gasteiger charge is 2.24. The van der Waals surface area contributed by atoms with Gasteiger partial charge in [-0.25, -0.2) is 0 Å². The number of nitrogens with one attached hydrogen (secondary N) is 1. The Morgan fingerprint density at radius 1 is 1.10 bits per heavy atom. The lowest BCUT2D eigenvalue weighted by Crippen LogP contribution is -2.37. The second-order valence-electron chi connectivity index (χ2n) is 6.55. The highest BCUT2D eigenvalue weighted by atomic mass is 16.5. The van der Waals surface area contributed by atoms with Crippen molar-refractivity contribution in [1.82, 2.24) is 5.32 Å². The molecule has 0 spiro atoms. The molecule has 0 heterocycles. The molecule has 114 valence electrons. The van der Waals surface area contributed by atoms with Crippen molar-refractivity contribution in [1.29, 1.82) is 0 Å². The summed E-state index contributed by atoms with van der Waals surface area (Å²) in [5, 5.41) is 3.61. The van der Waals surface area contributed by atoms with Crippen LogP contribution in [0.2, 0.25) is 0 Å². The number of hydrogen-bond donors (Lipinski definition) is 1. The molecule has 0 aliphatic heterocycles. The number of likely N-dealkylation sites (N-methyl/N-ethyl adjacent to an activating group) is 1. The maximum atomic E-state index is 6.05. The van der Waals surface area contributed by atoms with Crippen LogP contribution >= 0.6 is 0 Å². The minimum absolute atomic E-state index is 0.142. The van der Waals surface area contributed by atoms with Crippen LogP contribution < -0.4 is 5.32 Å². The molecule has 2 atom stereocenters. The van der Waals surface area contributed by atoms with E-state index in [0.717, 1.165) is 19.6 Å². The smallest absolute Gasteiger partial charge is 0.0977 e. The first-order valence-electron chi connectivity index (χ1n) is 7.88. The van der Waals surface area contributed by atoms with Gasteiger partial charge in [-0.15, -0.1) is 0 Å². The molecule has 0 fully saturated rings. The molecule has 1 N–H and O–H groups in total. The molecule has 0 aliphatic carbocycles. The van der Waals surface area contributed by atoms with Crippen LogP contribution in [0.1, 0.15) is 59.1 Å². The second kappa shape index (κ2) is 8.43. The van der Waals surface area contributed by atoms with Crippen LogP contribution in [-0.4, -0.2) is 19.2 Å². The summed E-state index contributed by atoms with van der Waals surface area (Å²) in [5.41, 5.74) is 1.63. The normalized spacial score (nSPS) is 15.1. The SMILES string of the molecule is CCNC(CCC(C)(C)C)C(OCC)c1ccccc1. The van der Waals surface area contributed by atoms with Gasteiger partial charge in [0.05, 0.1) is 6.10 Å². The van der Waals surface area contributed by atoms with Crippen molar-refractivity contribution in [3.63, 3.8) is 0 Å². The monoisotopic (exact) mass is 277 g/mol. The minimum atomic E-state index is 0.142. The Labute approximate surface area is 124 Å². The van der Waals surface area contributed by atoms with Crippen molar-refractivity contribution in [2.75, 3.05) is 13.2 Å². The third kappa shape index (κ3) is 6.06. The van der Waals surface area contributed by atoms with Crippen LogP contribution in [0, 0.1) is 5.41 Å². The maximum absolute atomic E-state index is 6.05. The Kier molecular flexibility index (Phi) is 7.25. The third-order valence-electron chi connectivity index (χ3n) is 3.51. The molecule has 1 rings (SSSR count). The van der Waals surface area contributed by atoms with Gasteiger partial charge in [0.1, 0.15) is 0 Å². The summed E-state index contributed by atoms with van der Waals surface area (Å²) >= 11 is 0. The molecular weight excluding hydrogens is 246 g/mol. The van der Waals surface area contributed by atoms with Gasteiger partial charge < -0.3 is 10.1 Å². The van der Waals surface area contributed by atoms with E-state index in [4.69, 9.17) is 4.74 Å². The first-order chi connectivity index (χ1) is 9.48. The van der Waals surface area contributed by atoms with Crippen LogP contribution in [-0.2, 0) is 4.74 Å². The predicted octanol–water partition coefficient (Wildman–Crippen LogP) is 4.57. The molecule has 0 saturated carbocycles. The Morgan fingerprint density at radius 2 is 1.75 bits per heavy atom. The van der Waals surface area contributed by atoms with Crippen LogP contribution in [0.3, 0.4) is 0 Å². The van der Waals surface area contributed by atoms with Crippen LogP contribution in [0.4, 0.5) is 0 Å². The highest BCUT2D eigenvalue weighted by Crippen LogP contribution is 2.28. The molecule has 20 heavy (non-hydrogen) atoms. The summed E-state index contributed by atoms with van der Waals surface area (Å²) in [6, 6.07) is 11.0. The van der Waals surface area contributed by atoms with Crippen molar-refractivity contribution in [3.05, 3.63) is 35.9 Å². The van der Waals surface area contributed by atoms with E-state index in [2.05, 4.69) is 70.3 Å². The van der Waals surface area contributed by atoms with Gasteiger partial charge in [-0.1, -0.05) is 58.0 Å². The number of benzene rings is 1. The lowest BCUT2D eigenvalue weighted by Gasteiger charge is -2.30. The molecule has 0 saturated heterocycles. The molecule has 0 radical (unpaired) electrons. The molecular formula is C18H31NO. The average molecular weight is 277 g/mol. The van der Waals surface area contributed by atoms with Gasteiger partial charge in [-0.05, 0) is 37.3 Å². The largest absolute Gasteiger partial charge is 0.372 e. The summed E-state index contributed by atoms with van der Waals surface area (Å²) in [4.78, 5) is 0. The zero-order chi connectivity index (χ0) is 15.0. The predicted molar refractivity (Wildman–Crippen MR) is 87.0 cm³/mol. The quantitative estimate of drug-likeness (QED) is 0.751. The van der Waals surface area contributed by atoms with E-state index in [1.54, 1.807) is 0 Å². The van der Waals surface area contributed by atoms with Gasteiger partial charge in [0, 0.05) is 12.6 Å². The topological polar surface area (TPSA) is 21.3 Å². The number of ether oxygens (including phenoxy) is 1. The minimum Gasteiger partial charge on any atom is -0.372 e. The van der Waals surface area contributed by atoms with Crippen LogP contribution in [0.5, 0.6) is 0 Å². The van der Waals surface area contributed by atoms with Crippen LogP contribution in [0.15, 0.2) is 30.3 Å². The van der Waals surface area contributed by atoms with Crippen molar-refractivity contribution in [2.24, 2.45) is 5.41 Å². The number of hydrogen-bond acceptors (Lipinski definition) is 2. The maximum Gasteiger partial charge on any atom is 0.0977 e. The van der Waals surface area contributed by atoms with Crippen molar-refractivity contribution in [3.8, 4) is 0 Å². The summed E-state index contributed by atoms with van der Waals surface area (Å²) in [5.74, 6) is 0. The molecule has 1 aromatic rings. The van der Waals surface area contributed by atoms with Gasteiger partial charge in [0.2, 0.25) is 0 Å². The lowest BCUT2D eigenvalue weighted by atomic mass is 9.86. The molecule has 0 bridgehead atoms. The van der Waals surface area contributed by atoms with E-state index >= 15 is 0 Å². The molecule has 0 amide bonds. The van der Waals surface area contributed by atoms with Gasteiger partial charge in [0.15, 0.2) is 0 Å². The fourth-order valence-electron chi connectivity index (χ4n) is 2.48. The molecule has 2 heteroatoms. The lowest BCUT2D eigenvalue weighted by molar-refractivity contribution is 0.0284. The zero-order valence-electron chi connectivity index (χ0n) is 13.8. The first-order valence-corrected chi connectivity index (χ1v) is 7.88. The Hall–Kier alpha value is -0.860. The molecule has 1 aromatic carbocycles. The Bertz CT molecular complexity index is 355. The summed E-state index contributed by atoms with van der Waals surface area (Å²) in [7, 11) is 0. The molecule has 0 aromatic heterocycles. The average Bonchev–Trinajstić information content (AvgIpc) is 2.41. The molecule has 2 unspecified atom stereocenters. The van der Waals surface area contributed by atoms with E-state index in [0.29, 0.717) is 11.5 Å². The molecule has 0 aliphatic rings. The highest BCUT2D eigenvalue weighted by molar-refractivity contribution is 5.19. The zero-order valence-corrected chi connectivity index (χ0v) is 13.8. The Balaban J connectivity index is 2.82. The molecule has 2 nitrogen and oxygen atoms in total. The summed E-state index contributed by atoms with van der Waals surface area (Å²) < 4.78 is 6.05. The van der Waals surface area contributed by atoms with Gasteiger partial charge in [0.25, 0.3) is 0 Å². The Morgan fingerprint density at radius 3 is 2.25 bits per heavy atom. The van der Waals surface area contributed by atoms with E-state index in [9.17, 15) is 0 Å². The van der Waals surface area contributed by atoms with Gasteiger partial charge in [-0.2, -0.15) is 0 Å².